The molecule has 132 valence electrons. The van der Waals surface area contributed by atoms with E-state index in [1.54, 1.807) is 20.1 Å². The highest BCUT2D eigenvalue weighted by atomic mass is 16.6. The standard InChI is InChI=1S/C19H22N2O4/c1-11(2)15-10-16(13(4)8-18(15)25-5)19(22)20-17-9-14(21(23)24)7-6-12(17)3/h6-11H,1-5H3,(H,20,22). The summed E-state index contributed by atoms with van der Waals surface area (Å²) in [6, 6.07) is 8.06. The topological polar surface area (TPSA) is 81.5 Å². The van der Waals surface area contributed by atoms with Crippen LogP contribution in [0.25, 0.3) is 0 Å². The summed E-state index contributed by atoms with van der Waals surface area (Å²) in [7, 11) is 1.60. The molecule has 2 rings (SSSR count). The third kappa shape index (κ3) is 3.96. The highest BCUT2D eigenvalue weighted by Gasteiger charge is 2.17. The van der Waals surface area contributed by atoms with Crippen molar-refractivity contribution in [2.75, 3.05) is 12.4 Å². The molecule has 6 heteroatoms. The molecule has 0 atom stereocenters. The fourth-order valence-electron chi connectivity index (χ4n) is 2.62. The van der Waals surface area contributed by atoms with Gasteiger partial charge in [-0.1, -0.05) is 19.9 Å². The number of aryl methyl sites for hydroxylation is 2. The van der Waals surface area contributed by atoms with Crippen molar-refractivity contribution >= 4 is 17.3 Å². The van der Waals surface area contributed by atoms with Crippen LogP contribution in [-0.2, 0) is 0 Å². The van der Waals surface area contributed by atoms with Gasteiger partial charge in [-0.05, 0) is 48.6 Å². The van der Waals surface area contributed by atoms with Gasteiger partial charge in [-0.25, -0.2) is 0 Å². The van der Waals surface area contributed by atoms with Gasteiger partial charge in [0.15, 0.2) is 0 Å². The van der Waals surface area contributed by atoms with Gasteiger partial charge < -0.3 is 10.1 Å². The maximum Gasteiger partial charge on any atom is 0.271 e. The first-order valence-electron chi connectivity index (χ1n) is 7.99. The van der Waals surface area contributed by atoms with Crippen molar-refractivity contribution in [2.24, 2.45) is 0 Å². The van der Waals surface area contributed by atoms with Crippen molar-refractivity contribution in [3.8, 4) is 5.75 Å². The Bertz CT molecular complexity index is 828. The fraction of sp³-hybridized carbons (Fsp3) is 0.316. The second-order valence-electron chi connectivity index (χ2n) is 6.27. The monoisotopic (exact) mass is 342 g/mol. The summed E-state index contributed by atoms with van der Waals surface area (Å²) in [6.07, 6.45) is 0. The van der Waals surface area contributed by atoms with Crippen LogP contribution in [0, 0.1) is 24.0 Å². The number of nitro groups is 1. The number of carbonyl (C=O) groups is 1. The minimum Gasteiger partial charge on any atom is -0.496 e. The first kappa shape index (κ1) is 18.4. The summed E-state index contributed by atoms with van der Waals surface area (Å²) in [5, 5.41) is 13.7. The number of nitro benzene ring substituents is 1. The number of nitrogens with one attached hydrogen (secondary N) is 1. The van der Waals surface area contributed by atoms with E-state index in [0.717, 1.165) is 22.4 Å². The van der Waals surface area contributed by atoms with Gasteiger partial charge in [0, 0.05) is 17.7 Å². The molecule has 0 saturated carbocycles. The van der Waals surface area contributed by atoms with Gasteiger partial charge in [-0.3, -0.25) is 14.9 Å². The lowest BCUT2D eigenvalue weighted by molar-refractivity contribution is -0.384. The Morgan fingerprint density at radius 3 is 2.40 bits per heavy atom. The zero-order valence-electron chi connectivity index (χ0n) is 15.0. The van der Waals surface area contributed by atoms with Gasteiger partial charge in [-0.15, -0.1) is 0 Å². The van der Waals surface area contributed by atoms with Crippen LogP contribution in [0.4, 0.5) is 11.4 Å². The van der Waals surface area contributed by atoms with Crippen LogP contribution >= 0.6 is 0 Å². The molecule has 0 radical (unpaired) electrons. The lowest BCUT2D eigenvalue weighted by atomic mass is 9.96. The predicted octanol–water partition coefficient (Wildman–Crippen LogP) is 4.60. The lowest BCUT2D eigenvalue weighted by Gasteiger charge is -2.16. The molecule has 0 aromatic heterocycles. The van der Waals surface area contributed by atoms with E-state index < -0.39 is 4.92 Å². The number of amides is 1. The number of ether oxygens (including phenoxy) is 1. The van der Waals surface area contributed by atoms with Crippen LogP contribution in [0.1, 0.15) is 46.8 Å². The summed E-state index contributed by atoms with van der Waals surface area (Å²) in [5.41, 5.74) is 3.37. The maximum absolute atomic E-state index is 12.7. The van der Waals surface area contributed by atoms with Crippen LogP contribution in [0.2, 0.25) is 0 Å². The molecule has 0 aliphatic rings. The normalized spacial score (nSPS) is 10.6. The number of hydrogen-bond acceptors (Lipinski definition) is 4. The van der Waals surface area contributed by atoms with Crippen molar-refractivity contribution in [2.45, 2.75) is 33.6 Å². The van der Waals surface area contributed by atoms with E-state index >= 15 is 0 Å². The Labute approximate surface area is 147 Å². The summed E-state index contributed by atoms with van der Waals surface area (Å²) in [4.78, 5) is 23.2. The van der Waals surface area contributed by atoms with Crippen LogP contribution in [-0.4, -0.2) is 17.9 Å². The van der Waals surface area contributed by atoms with Crippen molar-refractivity contribution in [1.82, 2.24) is 0 Å². The average molecular weight is 342 g/mol. The Morgan fingerprint density at radius 1 is 1.16 bits per heavy atom. The highest BCUT2D eigenvalue weighted by molar-refractivity contribution is 6.06. The molecule has 1 N–H and O–H groups in total. The number of methoxy groups -OCH3 is 1. The van der Waals surface area contributed by atoms with Crippen LogP contribution in [0.3, 0.4) is 0 Å². The zero-order valence-corrected chi connectivity index (χ0v) is 15.0. The van der Waals surface area contributed by atoms with Crippen LogP contribution in [0.5, 0.6) is 5.75 Å². The lowest BCUT2D eigenvalue weighted by Crippen LogP contribution is -2.15. The Morgan fingerprint density at radius 2 is 1.84 bits per heavy atom. The Kier molecular flexibility index (Phi) is 5.41. The number of nitrogens with zero attached hydrogens (tertiary/aromatic N) is 1. The number of rotatable bonds is 5. The van der Waals surface area contributed by atoms with Gasteiger partial charge in [0.25, 0.3) is 11.6 Å². The molecule has 0 aliphatic heterocycles. The van der Waals surface area contributed by atoms with Crippen molar-refractivity contribution in [1.29, 1.82) is 0 Å². The first-order chi connectivity index (χ1) is 11.7. The minimum absolute atomic E-state index is 0.0600. The molecule has 0 aliphatic carbocycles. The van der Waals surface area contributed by atoms with E-state index in [1.807, 2.05) is 32.9 Å². The van der Waals surface area contributed by atoms with Gasteiger partial charge in [-0.2, -0.15) is 0 Å². The third-order valence-corrected chi connectivity index (χ3v) is 4.12. The van der Waals surface area contributed by atoms with E-state index in [1.165, 1.54) is 12.1 Å². The number of hydrogen-bond donors (Lipinski definition) is 1. The molecule has 2 aromatic rings. The van der Waals surface area contributed by atoms with E-state index in [4.69, 9.17) is 4.74 Å². The molecule has 0 bridgehead atoms. The quantitative estimate of drug-likeness (QED) is 0.636. The molecule has 0 heterocycles. The van der Waals surface area contributed by atoms with Crippen molar-refractivity contribution in [3.05, 3.63) is 62.7 Å². The molecule has 0 saturated heterocycles. The molecular formula is C19H22N2O4. The van der Waals surface area contributed by atoms with E-state index in [0.29, 0.717) is 11.3 Å². The number of benzene rings is 2. The minimum atomic E-state index is -0.482. The second kappa shape index (κ2) is 7.34. The molecule has 25 heavy (non-hydrogen) atoms. The summed E-state index contributed by atoms with van der Waals surface area (Å²) in [5.74, 6) is 0.642. The van der Waals surface area contributed by atoms with Gasteiger partial charge in [0.05, 0.1) is 17.7 Å². The summed E-state index contributed by atoms with van der Waals surface area (Å²) in [6.45, 7) is 7.68. The Balaban J connectivity index is 2.40. The predicted molar refractivity (Wildman–Crippen MR) is 97.6 cm³/mol. The molecule has 1 amide bonds. The second-order valence-corrected chi connectivity index (χ2v) is 6.27. The average Bonchev–Trinajstić information content (AvgIpc) is 2.55. The van der Waals surface area contributed by atoms with Crippen LogP contribution < -0.4 is 10.1 Å². The van der Waals surface area contributed by atoms with E-state index in [9.17, 15) is 14.9 Å². The fourth-order valence-corrected chi connectivity index (χ4v) is 2.62. The van der Waals surface area contributed by atoms with E-state index in [-0.39, 0.29) is 17.5 Å². The number of anilines is 1. The van der Waals surface area contributed by atoms with Gasteiger partial charge >= 0.3 is 0 Å². The SMILES string of the molecule is COc1cc(C)c(C(=O)Nc2cc([N+](=O)[O-])ccc2C)cc1C(C)C. The molecular weight excluding hydrogens is 320 g/mol. The molecule has 0 unspecified atom stereocenters. The summed E-state index contributed by atoms with van der Waals surface area (Å²) < 4.78 is 5.40. The van der Waals surface area contributed by atoms with Crippen molar-refractivity contribution < 1.29 is 14.5 Å². The largest absolute Gasteiger partial charge is 0.496 e. The smallest absolute Gasteiger partial charge is 0.271 e. The Hall–Kier alpha value is -2.89. The van der Waals surface area contributed by atoms with Crippen molar-refractivity contribution in [3.63, 3.8) is 0 Å². The first-order valence-corrected chi connectivity index (χ1v) is 7.99. The van der Waals surface area contributed by atoms with Gasteiger partial charge in [0.2, 0.25) is 0 Å². The molecule has 0 spiro atoms. The molecule has 2 aromatic carbocycles. The highest BCUT2D eigenvalue weighted by Crippen LogP contribution is 2.30. The van der Waals surface area contributed by atoms with Gasteiger partial charge in [0.1, 0.15) is 5.75 Å². The molecule has 0 fully saturated rings. The number of carbonyl (C=O) groups excluding carboxylic acids is 1. The maximum atomic E-state index is 12.7. The number of non-ortho nitro benzene ring substituents is 1. The van der Waals surface area contributed by atoms with E-state index in [2.05, 4.69) is 5.32 Å². The molecule has 6 nitrogen and oxygen atoms in total. The summed E-state index contributed by atoms with van der Waals surface area (Å²) >= 11 is 0. The zero-order chi connectivity index (χ0) is 18.7. The van der Waals surface area contributed by atoms with Crippen LogP contribution in [0.15, 0.2) is 30.3 Å². The third-order valence-electron chi connectivity index (χ3n) is 4.12.